The van der Waals surface area contributed by atoms with Crippen LogP contribution >= 0.6 is 0 Å². The third-order valence-electron chi connectivity index (χ3n) is 4.36. The minimum absolute atomic E-state index is 0.426. The van der Waals surface area contributed by atoms with Crippen molar-refractivity contribution in [3.63, 3.8) is 0 Å². The Hall–Kier alpha value is -2.37. The molecular weight excluding hydrogens is 317 g/mol. The topological polar surface area (TPSA) is 33.2 Å². The summed E-state index contributed by atoms with van der Waals surface area (Å²) < 4.78 is 37.2. The molecule has 1 aliphatic heterocycles. The fourth-order valence-corrected chi connectivity index (χ4v) is 3.04. The predicted octanol–water partition coefficient (Wildman–Crippen LogP) is 4.21. The van der Waals surface area contributed by atoms with E-state index in [1.165, 1.54) is 17.7 Å². The highest BCUT2D eigenvalue weighted by Crippen LogP contribution is 2.30. The van der Waals surface area contributed by atoms with Gasteiger partial charge in [-0.25, -0.2) is 4.98 Å². The van der Waals surface area contributed by atoms with Gasteiger partial charge in [0.1, 0.15) is 5.82 Å². The predicted molar refractivity (Wildman–Crippen MR) is 85.3 cm³/mol. The highest BCUT2D eigenvalue weighted by Gasteiger charge is 2.39. The number of halogens is 3. The number of piperidine rings is 1. The Kier molecular flexibility index (Phi) is 4.55. The van der Waals surface area contributed by atoms with Crippen LogP contribution in [0.1, 0.15) is 34.7 Å². The van der Waals surface area contributed by atoms with Crippen LogP contribution in [0.5, 0.6) is 0 Å². The van der Waals surface area contributed by atoms with Crippen LogP contribution in [0.15, 0.2) is 48.7 Å². The van der Waals surface area contributed by atoms with E-state index in [0.29, 0.717) is 11.7 Å². The summed E-state index contributed by atoms with van der Waals surface area (Å²) in [6, 6.07) is 13.0. The average molecular weight is 334 g/mol. The second kappa shape index (κ2) is 6.63. The van der Waals surface area contributed by atoms with E-state index >= 15 is 0 Å². The van der Waals surface area contributed by atoms with Crippen LogP contribution in [0.25, 0.3) is 0 Å². The Morgan fingerprint density at radius 1 is 1.04 bits per heavy atom. The van der Waals surface area contributed by atoms with Crippen LogP contribution in [-0.2, 0) is 0 Å². The number of ketones is 1. The van der Waals surface area contributed by atoms with E-state index < -0.39 is 17.5 Å². The van der Waals surface area contributed by atoms with Crippen molar-refractivity contribution in [2.24, 2.45) is 0 Å². The van der Waals surface area contributed by atoms with Gasteiger partial charge in [-0.15, -0.1) is 0 Å². The molecule has 2 heterocycles. The van der Waals surface area contributed by atoms with Crippen molar-refractivity contribution in [1.29, 1.82) is 0 Å². The fraction of sp³-hybridized carbons (Fsp3) is 0.333. The maximum absolute atomic E-state index is 12.4. The molecule has 0 N–H and O–H groups in total. The van der Waals surface area contributed by atoms with E-state index in [4.69, 9.17) is 0 Å². The van der Waals surface area contributed by atoms with Gasteiger partial charge in [-0.3, -0.25) is 4.79 Å². The first-order valence-electron chi connectivity index (χ1n) is 7.82. The van der Waals surface area contributed by atoms with E-state index in [1.54, 1.807) is 0 Å². The summed E-state index contributed by atoms with van der Waals surface area (Å²) in [6.45, 7) is 1.58. The number of carbonyl (C=O) groups is 1. The zero-order chi connectivity index (χ0) is 17.2. The quantitative estimate of drug-likeness (QED) is 0.789. The van der Waals surface area contributed by atoms with Crippen molar-refractivity contribution in [3.05, 3.63) is 59.8 Å². The lowest BCUT2D eigenvalue weighted by Gasteiger charge is -2.33. The summed E-state index contributed by atoms with van der Waals surface area (Å²) in [7, 11) is 0. The number of anilines is 1. The Morgan fingerprint density at radius 3 is 2.25 bits per heavy atom. The van der Waals surface area contributed by atoms with Crippen LogP contribution in [0, 0.1) is 0 Å². The third kappa shape index (κ3) is 3.58. The standard InChI is InChI=1S/C18H17F3N2O/c19-18(20,21)17(24)15-6-7-16(22-12-15)23-10-8-14(9-11-23)13-4-2-1-3-5-13/h1-7,12,14H,8-11H2. The summed E-state index contributed by atoms with van der Waals surface area (Å²) in [5, 5.41) is 0. The van der Waals surface area contributed by atoms with E-state index in [2.05, 4.69) is 17.1 Å². The summed E-state index contributed by atoms with van der Waals surface area (Å²) in [4.78, 5) is 17.3. The molecule has 0 saturated carbocycles. The minimum atomic E-state index is -4.86. The number of aromatic nitrogens is 1. The molecule has 0 unspecified atom stereocenters. The lowest BCUT2D eigenvalue weighted by Crippen LogP contribution is -2.33. The number of hydrogen-bond acceptors (Lipinski definition) is 3. The first kappa shape index (κ1) is 16.5. The molecule has 0 radical (unpaired) electrons. The van der Waals surface area contributed by atoms with Gasteiger partial charge in [0.2, 0.25) is 0 Å². The van der Waals surface area contributed by atoms with Crippen molar-refractivity contribution in [2.45, 2.75) is 24.9 Å². The lowest BCUT2D eigenvalue weighted by atomic mass is 9.89. The Morgan fingerprint density at radius 2 is 1.71 bits per heavy atom. The van der Waals surface area contributed by atoms with Crippen LogP contribution in [-0.4, -0.2) is 30.0 Å². The highest BCUT2D eigenvalue weighted by atomic mass is 19.4. The number of alkyl halides is 3. The normalized spacial score (nSPS) is 16.2. The van der Waals surface area contributed by atoms with E-state index in [1.807, 2.05) is 23.1 Å². The molecule has 24 heavy (non-hydrogen) atoms. The number of Topliss-reactive ketones (excluding diaryl/α,β-unsaturated/α-hetero) is 1. The van der Waals surface area contributed by atoms with Crippen molar-refractivity contribution < 1.29 is 18.0 Å². The van der Waals surface area contributed by atoms with Gasteiger partial charge < -0.3 is 4.90 Å². The number of rotatable bonds is 3. The molecule has 1 aromatic heterocycles. The molecule has 0 atom stereocenters. The van der Waals surface area contributed by atoms with Gasteiger partial charge in [0.15, 0.2) is 0 Å². The van der Waals surface area contributed by atoms with E-state index in [9.17, 15) is 18.0 Å². The highest BCUT2D eigenvalue weighted by molar-refractivity contribution is 6.00. The van der Waals surface area contributed by atoms with Crippen LogP contribution < -0.4 is 4.90 Å². The van der Waals surface area contributed by atoms with Crippen LogP contribution in [0.3, 0.4) is 0 Å². The van der Waals surface area contributed by atoms with Gasteiger partial charge in [-0.2, -0.15) is 13.2 Å². The largest absolute Gasteiger partial charge is 0.454 e. The summed E-state index contributed by atoms with van der Waals surface area (Å²) >= 11 is 0. The molecule has 1 aliphatic rings. The molecule has 0 amide bonds. The molecule has 126 valence electrons. The van der Waals surface area contributed by atoms with Gasteiger partial charge >= 0.3 is 6.18 Å². The van der Waals surface area contributed by atoms with E-state index in [-0.39, 0.29) is 0 Å². The number of hydrogen-bond donors (Lipinski definition) is 0. The van der Waals surface area contributed by atoms with Gasteiger partial charge in [0.25, 0.3) is 5.78 Å². The van der Waals surface area contributed by atoms with Crippen LogP contribution in [0.4, 0.5) is 19.0 Å². The van der Waals surface area contributed by atoms with E-state index in [0.717, 1.165) is 32.1 Å². The van der Waals surface area contributed by atoms with Gasteiger partial charge in [-0.1, -0.05) is 30.3 Å². The zero-order valence-electron chi connectivity index (χ0n) is 13.0. The first-order chi connectivity index (χ1) is 11.4. The number of benzene rings is 1. The Labute approximate surface area is 138 Å². The smallest absolute Gasteiger partial charge is 0.357 e. The Bertz CT molecular complexity index is 690. The molecule has 1 saturated heterocycles. The molecule has 1 fully saturated rings. The SMILES string of the molecule is O=C(c1ccc(N2CCC(c3ccccc3)CC2)nc1)C(F)(F)F. The lowest BCUT2D eigenvalue weighted by molar-refractivity contribution is -0.0885. The Balaban J connectivity index is 1.64. The van der Waals surface area contributed by atoms with Gasteiger partial charge in [0, 0.05) is 24.8 Å². The molecule has 0 bridgehead atoms. The molecule has 1 aromatic carbocycles. The molecule has 3 nitrogen and oxygen atoms in total. The van der Waals surface area contributed by atoms with Gasteiger partial charge in [0.05, 0.1) is 0 Å². The van der Waals surface area contributed by atoms with Crippen molar-refractivity contribution >= 4 is 11.6 Å². The zero-order valence-corrected chi connectivity index (χ0v) is 13.0. The second-order valence-electron chi connectivity index (χ2n) is 5.90. The first-order valence-corrected chi connectivity index (χ1v) is 7.82. The molecule has 0 aliphatic carbocycles. The summed E-state index contributed by atoms with van der Waals surface area (Å²) in [5.74, 6) is -0.752. The van der Waals surface area contributed by atoms with Crippen LogP contribution in [0.2, 0.25) is 0 Å². The number of pyridine rings is 1. The number of carbonyl (C=O) groups excluding carboxylic acids is 1. The summed E-state index contributed by atoms with van der Waals surface area (Å²) in [6.07, 6.45) is -1.92. The molecular formula is C18H17F3N2O. The molecule has 0 spiro atoms. The average Bonchev–Trinajstić information content (AvgIpc) is 2.61. The van der Waals surface area contributed by atoms with Crippen molar-refractivity contribution in [3.8, 4) is 0 Å². The van der Waals surface area contributed by atoms with Crippen molar-refractivity contribution in [2.75, 3.05) is 18.0 Å². The maximum Gasteiger partial charge on any atom is 0.454 e. The maximum atomic E-state index is 12.4. The molecule has 3 rings (SSSR count). The van der Waals surface area contributed by atoms with Crippen molar-refractivity contribution in [1.82, 2.24) is 4.98 Å². The third-order valence-corrected chi connectivity index (χ3v) is 4.36. The minimum Gasteiger partial charge on any atom is -0.357 e. The molecule has 2 aromatic rings. The monoisotopic (exact) mass is 334 g/mol. The fourth-order valence-electron chi connectivity index (χ4n) is 3.04. The van der Waals surface area contributed by atoms with Gasteiger partial charge in [-0.05, 0) is 36.5 Å². The number of nitrogens with zero attached hydrogens (tertiary/aromatic N) is 2. The molecule has 6 heteroatoms. The summed E-state index contributed by atoms with van der Waals surface area (Å²) in [5.41, 5.74) is 0.890. The second-order valence-corrected chi connectivity index (χ2v) is 5.90.